The maximum absolute atomic E-state index is 11.2. The fourth-order valence-electron chi connectivity index (χ4n) is 6.28. The molecule has 0 bridgehead atoms. The first kappa shape index (κ1) is 22.7. The molecule has 2 aliphatic carbocycles. The van der Waals surface area contributed by atoms with E-state index in [4.69, 9.17) is 0 Å². The van der Waals surface area contributed by atoms with Crippen LogP contribution >= 0.6 is 0 Å². The number of allylic oxidation sites excluding steroid dienone is 4. The number of carboxylic acid groups (broad SMARTS) is 1. The van der Waals surface area contributed by atoms with Crippen LogP contribution in [-0.4, -0.2) is 16.2 Å². The van der Waals surface area contributed by atoms with Gasteiger partial charge >= 0.3 is 5.97 Å². The van der Waals surface area contributed by atoms with Crippen molar-refractivity contribution in [3.8, 4) is 5.75 Å². The van der Waals surface area contributed by atoms with Gasteiger partial charge in [0.2, 0.25) is 0 Å². The maximum Gasteiger partial charge on any atom is 0.335 e. The van der Waals surface area contributed by atoms with Gasteiger partial charge in [-0.1, -0.05) is 50.0 Å². The van der Waals surface area contributed by atoms with E-state index in [2.05, 4.69) is 40.7 Å². The van der Waals surface area contributed by atoms with E-state index >= 15 is 0 Å². The molecule has 1 aromatic rings. The van der Waals surface area contributed by atoms with Crippen LogP contribution in [0.2, 0.25) is 0 Å². The van der Waals surface area contributed by atoms with Crippen molar-refractivity contribution in [2.24, 2.45) is 16.7 Å². The normalized spacial score (nSPS) is 26.4. The van der Waals surface area contributed by atoms with Crippen LogP contribution in [0.25, 0.3) is 0 Å². The van der Waals surface area contributed by atoms with Crippen molar-refractivity contribution >= 4 is 5.97 Å². The number of aromatic carboxylic acids is 1. The molecule has 0 aromatic heterocycles. The number of fused-ring (bicyclic) bond motifs is 1. The number of hydrogen-bond acceptors (Lipinski definition) is 2. The summed E-state index contributed by atoms with van der Waals surface area (Å²) in [7, 11) is 0. The Morgan fingerprint density at radius 2 is 1.97 bits per heavy atom. The Morgan fingerprint density at radius 3 is 2.67 bits per heavy atom. The standard InChI is InChI=1S/C27H38O3/c1-18(7-10-20-17-21(25(29)30)11-13-23(20)28)8-12-22-19(2)9-14-24-26(3,4)15-6-16-27(22,24)5/h7,11,13,17,24,28H,6,8-10,12,14-16H2,1-5H3,(H,29,30)/b18-7+/t24?,27-/m0/s1. The SMILES string of the molecule is CC1=C(CC/C(C)=C/Cc2cc(C(=O)O)ccc2O)[C@]2(C)CCCC(C)(C)C2CC1. The summed E-state index contributed by atoms with van der Waals surface area (Å²) in [5, 5.41) is 19.3. The zero-order valence-corrected chi connectivity index (χ0v) is 19.3. The molecule has 30 heavy (non-hydrogen) atoms. The Balaban J connectivity index is 1.71. The summed E-state index contributed by atoms with van der Waals surface area (Å²) in [5.74, 6) is -0.0259. The van der Waals surface area contributed by atoms with Crippen LogP contribution in [0.3, 0.4) is 0 Å². The van der Waals surface area contributed by atoms with Crippen molar-refractivity contribution in [3.63, 3.8) is 0 Å². The molecule has 1 saturated carbocycles. The number of phenols is 1. The highest BCUT2D eigenvalue weighted by Crippen LogP contribution is 2.60. The molecular weight excluding hydrogens is 372 g/mol. The van der Waals surface area contributed by atoms with Gasteiger partial charge in [0.15, 0.2) is 0 Å². The number of aromatic hydroxyl groups is 1. The van der Waals surface area contributed by atoms with Gasteiger partial charge in [-0.3, -0.25) is 0 Å². The van der Waals surface area contributed by atoms with Crippen LogP contribution in [0.15, 0.2) is 41.0 Å². The first-order valence-electron chi connectivity index (χ1n) is 11.4. The third kappa shape index (κ3) is 4.50. The van der Waals surface area contributed by atoms with Gasteiger partial charge in [-0.05, 0) is 99.3 Å². The van der Waals surface area contributed by atoms with Gasteiger partial charge in [0.25, 0.3) is 0 Å². The van der Waals surface area contributed by atoms with Crippen LogP contribution in [0.1, 0.15) is 95.5 Å². The zero-order chi connectivity index (χ0) is 22.1. The first-order chi connectivity index (χ1) is 14.0. The largest absolute Gasteiger partial charge is 0.508 e. The smallest absolute Gasteiger partial charge is 0.335 e. The zero-order valence-electron chi connectivity index (χ0n) is 19.3. The third-order valence-electron chi connectivity index (χ3n) is 8.01. The van der Waals surface area contributed by atoms with E-state index < -0.39 is 5.97 Å². The highest BCUT2D eigenvalue weighted by molar-refractivity contribution is 5.88. The summed E-state index contributed by atoms with van der Waals surface area (Å²) >= 11 is 0. The average Bonchev–Trinajstić information content (AvgIpc) is 2.65. The second-order valence-corrected chi connectivity index (χ2v) is 10.5. The molecule has 164 valence electrons. The van der Waals surface area contributed by atoms with Crippen LogP contribution < -0.4 is 0 Å². The molecule has 1 aromatic carbocycles. The van der Waals surface area contributed by atoms with Gasteiger partial charge in [-0.25, -0.2) is 4.79 Å². The van der Waals surface area contributed by atoms with Crippen molar-refractivity contribution in [1.29, 1.82) is 0 Å². The minimum Gasteiger partial charge on any atom is -0.508 e. The molecule has 3 rings (SSSR count). The minimum atomic E-state index is -0.963. The van der Waals surface area contributed by atoms with Crippen molar-refractivity contribution in [2.75, 3.05) is 0 Å². The molecule has 2 aliphatic rings. The van der Waals surface area contributed by atoms with Gasteiger partial charge in [-0.15, -0.1) is 0 Å². The van der Waals surface area contributed by atoms with Crippen LogP contribution in [0, 0.1) is 16.7 Å². The van der Waals surface area contributed by atoms with Gasteiger partial charge in [0.05, 0.1) is 5.56 Å². The van der Waals surface area contributed by atoms with Crippen molar-refractivity contribution < 1.29 is 15.0 Å². The maximum atomic E-state index is 11.2. The summed E-state index contributed by atoms with van der Waals surface area (Å²) in [4.78, 5) is 11.2. The quantitative estimate of drug-likeness (QED) is 0.484. The predicted molar refractivity (Wildman–Crippen MR) is 123 cm³/mol. The Morgan fingerprint density at radius 1 is 1.23 bits per heavy atom. The van der Waals surface area contributed by atoms with E-state index in [0.717, 1.165) is 18.8 Å². The lowest BCUT2D eigenvalue weighted by atomic mass is 9.50. The third-order valence-corrected chi connectivity index (χ3v) is 8.01. The molecule has 1 unspecified atom stereocenters. The Hall–Kier alpha value is -2.03. The molecule has 0 amide bonds. The van der Waals surface area contributed by atoms with Gasteiger partial charge in [-0.2, -0.15) is 0 Å². The van der Waals surface area contributed by atoms with Crippen molar-refractivity contribution in [2.45, 2.75) is 86.0 Å². The van der Waals surface area contributed by atoms with Crippen LogP contribution in [0.4, 0.5) is 0 Å². The van der Waals surface area contributed by atoms with E-state index in [0.29, 0.717) is 22.8 Å². The van der Waals surface area contributed by atoms with E-state index in [1.165, 1.54) is 49.8 Å². The van der Waals surface area contributed by atoms with Crippen LogP contribution in [-0.2, 0) is 6.42 Å². The lowest BCUT2D eigenvalue weighted by molar-refractivity contribution is 0.0105. The number of rotatable bonds is 6. The number of benzene rings is 1. The molecule has 0 radical (unpaired) electrons. The highest BCUT2D eigenvalue weighted by Gasteiger charge is 2.49. The lowest BCUT2D eigenvalue weighted by Crippen LogP contribution is -2.45. The summed E-state index contributed by atoms with van der Waals surface area (Å²) in [6, 6.07) is 4.49. The molecule has 1 fully saturated rings. The molecule has 0 spiro atoms. The lowest BCUT2D eigenvalue weighted by Gasteiger charge is -2.55. The fourth-order valence-corrected chi connectivity index (χ4v) is 6.28. The molecule has 2 N–H and O–H groups in total. The Kier molecular flexibility index (Phi) is 6.50. The van der Waals surface area contributed by atoms with E-state index in [1.807, 2.05) is 0 Å². The average molecular weight is 411 g/mol. The summed E-state index contributed by atoms with van der Waals surface area (Å²) in [6.07, 6.45) is 11.4. The molecule has 3 heteroatoms. The monoisotopic (exact) mass is 410 g/mol. The molecule has 0 saturated heterocycles. The van der Waals surface area contributed by atoms with E-state index in [9.17, 15) is 15.0 Å². The Labute approximate surface area is 181 Å². The minimum absolute atomic E-state index is 0.162. The van der Waals surface area contributed by atoms with Gasteiger partial charge in [0, 0.05) is 0 Å². The first-order valence-corrected chi connectivity index (χ1v) is 11.4. The summed E-state index contributed by atoms with van der Waals surface area (Å²) < 4.78 is 0. The molecule has 0 aliphatic heterocycles. The second-order valence-electron chi connectivity index (χ2n) is 10.5. The molecule has 3 nitrogen and oxygen atoms in total. The van der Waals surface area contributed by atoms with Gasteiger partial charge in [0.1, 0.15) is 5.75 Å². The number of phenolic OH excluding ortho intramolecular Hbond substituents is 1. The summed E-state index contributed by atoms with van der Waals surface area (Å²) in [5.41, 5.74) is 6.24. The molecular formula is C27H38O3. The summed E-state index contributed by atoms with van der Waals surface area (Å²) in [6.45, 7) is 12.0. The number of hydrogen-bond donors (Lipinski definition) is 2. The van der Waals surface area contributed by atoms with Crippen LogP contribution in [0.5, 0.6) is 5.75 Å². The van der Waals surface area contributed by atoms with Gasteiger partial charge < -0.3 is 10.2 Å². The molecule has 0 heterocycles. The van der Waals surface area contributed by atoms with Crippen molar-refractivity contribution in [1.82, 2.24) is 0 Å². The highest BCUT2D eigenvalue weighted by atomic mass is 16.4. The predicted octanol–water partition coefficient (Wildman–Crippen LogP) is 7.30. The van der Waals surface area contributed by atoms with E-state index in [1.54, 1.807) is 17.2 Å². The fraction of sp³-hybridized carbons (Fsp3) is 0.593. The second kappa shape index (κ2) is 8.61. The Bertz CT molecular complexity index is 874. The van der Waals surface area contributed by atoms with E-state index in [-0.39, 0.29) is 11.3 Å². The number of carbonyl (C=O) groups is 1. The number of carboxylic acids is 1. The topological polar surface area (TPSA) is 57.5 Å². The van der Waals surface area contributed by atoms with Crippen molar-refractivity contribution in [3.05, 3.63) is 52.1 Å². The molecule has 2 atom stereocenters.